The molecule has 132 valence electrons. The van der Waals surface area contributed by atoms with Gasteiger partial charge in [0.2, 0.25) is 0 Å². The first-order chi connectivity index (χ1) is 11.4. The summed E-state index contributed by atoms with van der Waals surface area (Å²) in [6.45, 7) is 0. The molecular formula is C16H23N3O4S. The maximum Gasteiger partial charge on any atom is 0.320 e. The number of aliphatic carboxylic acids is 2. The van der Waals surface area contributed by atoms with E-state index in [2.05, 4.69) is 4.98 Å². The highest BCUT2D eigenvalue weighted by atomic mass is 32.2. The normalized spacial score (nSPS) is 13.0. The van der Waals surface area contributed by atoms with Crippen LogP contribution in [0, 0.1) is 0 Å². The minimum atomic E-state index is -0.972. The highest BCUT2D eigenvalue weighted by Gasteiger charge is 2.14. The molecule has 1 heterocycles. The van der Waals surface area contributed by atoms with Crippen LogP contribution in [0.25, 0.3) is 10.9 Å². The van der Waals surface area contributed by atoms with E-state index in [1.165, 1.54) is 0 Å². The fourth-order valence-corrected chi connectivity index (χ4v) is 2.48. The number of nitrogens with one attached hydrogen (secondary N) is 1. The number of hydrogen-bond donors (Lipinski definition) is 5. The van der Waals surface area contributed by atoms with E-state index < -0.39 is 24.0 Å². The molecule has 0 bridgehead atoms. The highest BCUT2D eigenvalue weighted by molar-refractivity contribution is 7.98. The third-order valence-electron chi connectivity index (χ3n) is 3.38. The van der Waals surface area contributed by atoms with Gasteiger partial charge in [0.25, 0.3) is 0 Å². The fourth-order valence-electron chi connectivity index (χ4n) is 1.99. The van der Waals surface area contributed by atoms with Gasteiger partial charge >= 0.3 is 11.9 Å². The summed E-state index contributed by atoms with van der Waals surface area (Å²) >= 11 is 1.60. The van der Waals surface area contributed by atoms with Gasteiger partial charge < -0.3 is 26.7 Å². The van der Waals surface area contributed by atoms with E-state index in [4.69, 9.17) is 21.7 Å². The van der Waals surface area contributed by atoms with Crippen LogP contribution in [-0.2, 0) is 16.0 Å². The van der Waals surface area contributed by atoms with Gasteiger partial charge in [-0.05, 0) is 30.1 Å². The lowest BCUT2D eigenvalue weighted by molar-refractivity contribution is -0.139. The Labute approximate surface area is 144 Å². The van der Waals surface area contributed by atoms with Gasteiger partial charge in [-0.2, -0.15) is 11.8 Å². The zero-order chi connectivity index (χ0) is 18.1. The van der Waals surface area contributed by atoms with Gasteiger partial charge in [0.15, 0.2) is 0 Å². The molecule has 2 aromatic rings. The molecule has 0 fully saturated rings. The zero-order valence-corrected chi connectivity index (χ0v) is 14.3. The number of para-hydroxylation sites is 1. The molecule has 0 saturated carbocycles. The Morgan fingerprint density at radius 3 is 2.38 bits per heavy atom. The van der Waals surface area contributed by atoms with Crippen LogP contribution >= 0.6 is 11.8 Å². The third kappa shape index (κ3) is 6.23. The lowest BCUT2D eigenvalue weighted by Crippen LogP contribution is -2.32. The number of benzene rings is 1. The monoisotopic (exact) mass is 353 g/mol. The molecule has 2 atom stereocenters. The molecule has 8 heteroatoms. The van der Waals surface area contributed by atoms with Crippen molar-refractivity contribution in [2.45, 2.75) is 24.9 Å². The van der Waals surface area contributed by atoms with Gasteiger partial charge in [-0.15, -0.1) is 0 Å². The average molecular weight is 353 g/mol. The third-order valence-corrected chi connectivity index (χ3v) is 4.03. The Balaban J connectivity index is 0.000000277. The molecule has 2 rings (SSSR count). The second kappa shape index (κ2) is 9.96. The van der Waals surface area contributed by atoms with E-state index in [-0.39, 0.29) is 0 Å². The SMILES string of the molecule is CSCC[C@H](N)C(=O)O.NC(Cc1c[nH]c2ccccc12)C(=O)O. The van der Waals surface area contributed by atoms with Crippen molar-refractivity contribution in [2.75, 3.05) is 12.0 Å². The van der Waals surface area contributed by atoms with Crippen molar-refractivity contribution in [3.8, 4) is 0 Å². The zero-order valence-electron chi connectivity index (χ0n) is 13.4. The van der Waals surface area contributed by atoms with Crippen LogP contribution in [0.1, 0.15) is 12.0 Å². The maximum atomic E-state index is 10.6. The molecule has 0 aliphatic heterocycles. The van der Waals surface area contributed by atoms with Crippen molar-refractivity contribution in [2.24, 2.45) is 11.5 Å². The van der Waals surface area contributed by atoms with E-state index in [9.17, 15) is 9.59 Å². The summed E-state index contributed by atoms with van der Waals surface area (Å²) < 4.78 is 0. The Morgan fingerprint density at radius 1 is 1.17 bits per heavy atom. The molecule has 0 aliphatic rings. The van der Waals surface area contributed by atoms with Gasteiger partial charge in [0.1, 0.15) is 12.1 Å². The van der Waals surface area contributed by atoms with E-state index in [1.807, 2.05) is 36.7 Å². The number of hydrogen-bond acceptors (Lipinski definition) is 5. The van der Waals surface area contributed by atoms with Gasteiger partial charge in [0.05, 0.1) is 0 Å². The maximum absolute atomic E-state index is 10.6. The van der Waals surface area contributed by atoms with E-state index in [0.717, 1.165) is 22.2 Å². The van der Waals surface area contributed by atoms with E-state index in [1.54, 1.807) is 11.8 Å². The number of aromatic amines is 1. The number of carboxylic acids is 2. The molecule has 0 amide bonds. The lowest BCUT2D eigenvalue weighted by atomic mass is 10.1. The van der Waals surface area contributed by atoms with Crippen LogP contribution in [0.5, 0.6) is 0 Å². The van der Waals surface area contributed by atoms with Crippen LogP contribution in [0.4, 0.5) is 0 Å². The minimum absolute atomic E-state index is 0.347. The first kappa shape index (κ1) is 20.0. The van der Waals surface area contributed by atoms with Crippen LogP contribution in [0.3, 0.4) is 0 Å². The predicted molar refractivity (Wildman–Crippen MR) is 96.2 cm³/mol. The summed E-state index contributed by atoms with van der Waals surface area (Å²) in [5, 5.41) is 18.0. The number of thioether (sulfide) groups is 1. The number of aromatic nitrogens is 1. The van der Waals surface area contributed by atoms with Crippen molar-refractivity contribution in [1.82, 2.24) is 4.98 Å². The van der Waals surface area contributed by atoms with Crippen LogP contribution in [0.2, 0.25) is 0 Å². The summed E-state index contributed by atoms with van der Waals surface area (Å²) in [5.41, 5.74) is 12.6. The first-order valence-electron chi connectivity index (χ1n) is 7.37. The van der Waals surface area contributed by atoms with Crippen LogP contribution in [-0.4, -0.2) is 51.2 Å². The molecule has 0 saturated heterocycles. The van der Waals surface area contributed by atoms with Gasteiger partial charge in [-0.3, -0.25) is 9.59 Å². The number of fused-ring (bicyclic) bond motifs is 1. The highest BCUT2D eigenvalue weighted by Crippen LogP contribution is 2.18. The quantitative estimate of drug-likeness (QED) is 0.504. The molecule has 24 heavy (non-hydrogen) atoms. The number of H-pyrrole nitrogens is 1. The molecule has 1 unspecified atom stereocenters. The Bertz CT molecular complexity index is 674. The minimum Gasteiger partial charge on any atom is -0.480 e. The van der Waals surface area contributed by atoms with Crippen molar-refractivity contribution in [3.63, 3.8) is 0 Å². The molecular weight excluding hydrogens is 330 g/mol. The van der Waals surface area contributed by atoms with Crippen molar-refractivity contribution >= 4 is 34.6 Å². The standard InChI is InChI=1S/C11H12N2O2.C5H11NO2S/c12-9(11(14)15)5-7-6-13-10-4-2-1-3-8(7)10;1-9-3-2-4(6)5(7)8/h1-4,6,9,13H,5,12H2,(H,14,15);4H,2-3,6H2,1H3,(H,7,8)/t;4-/m.0/s1. The Kier molecular flexibility index (Phi) is 8.31. The van der Waals surface area contributed by atoms with Crippen LogP contribution in [0.15, 0.2) is 30.5 Å². The largest absolute Gasteiger partial charge is 0.480 e. The van der Waals surface area contributed by atoms with E-state index in [0.29, 0.717) is 12.8 Å². The van der Waals surface area contributed by atoms with Crippen molar-refractivity contribution < 1.29 is 19.8 Å². The molecule has 7 nitrogen and oxygen atoms in total. The molecule has 0 spiro atoms. The summed E-state index contributed by atoms with van der Waals surface area (Å²) in [7, 11) is 0. The second-order valence-electron chi connectivity index (χ2n) is 5.23. The smallest absolute Gasteiger partial charge is 0.320 e. The summed E-state index contributed by atoms with van der Waals surface area (Å²) in [4.78, 5) is 23.8. The summed E-state index contributed by atoms with van der Waals surface area (Å²) in [6, 6.07) is 6.23. The van der Waals surface area contributed by atoms with E-state index >= 15 is 0 Å². The number of rotatable bonds is 7. The van der Waals surface area contributed by atoms with Gasteiger partial charge in [-0.25, -0.2) is 0 Å². The second-order valence-corrected chi connectivity index (χ2v) is 6.22. The molecule has 0 aliphatic carbocycles. The van der Waals surface area contributed by atoms with Gasteiger partial charge in [0, 0.05) is 23.5 Å². The topological polar surface area (TPSA) is 142 Å². The molecule has 7 N–H and O–H groups in total. The first-order valence-corrected chi connectivity index (χ1v) is 8.76. The molecule has 1 aromatic heterocycles. The Hall–Kier alpha value is -2.03. The molecule has 0 radical (unpaired) electrons. The van der Waals surface area contributed by atoms with Crippen molar-refractivity contribution in [3.05, 3.63) is 36.0 Å². The number of nitrogens with two attached hydrogens (primary N) is 2. The summed E-state index contributed by atoms with van der Waals surface area (Å²) in [6.07, 6.45) is 4.64. The predicted octanol–water partition coefficient (Wildman–Crippen LogP) is 1.27. The molecule has 1 aromatic carbocycles. The van der Waals surface area contributed by atoms with Crippen LogP contribution < -0.4 is 11.5 Å². The van der Waals surface area contributed by atoms with Gasteiger partial charge in [-0.1, -0.05) is 18.2 Å². The average Bonchev–Trinajstić information content (AvgIpc) is 2.96. The lowest BCUT2D eigenvalue weighted by Gasteiger charge is -2.04. The van der Waals surface area contributed by atoms with Crippen molar-refractivity contribution in [1.29, 1.82) is 0 Å². The fraction of sp³-hybridized carbons (Fsp3) is 0.375. The summed E-state index contributed by atoms with van der Waals surface area (Å²) in [5.74, 6) is -1.07. The number of carboxylic acid groups (broad SMARTS) is 2. The number of carbonyl (C=O) groups is 2. The Morgan fingerprint density at radius 2 is 1.79 bits per heavy atom.